The third kappa shape index (κ3) is 5.36. The monoisotopic (exact) mass is 447 g/mol. The molecule has 2 amide bonds. The summed E-state index contributed by atoms with van der Waals surface area (Å²) in [6.07, 6.45) is 0. The lowest BCUT2D eigenvalue weighted by Gasteiger charge is -2.07. The number of benzene rings is 3. The first-order chi connectivity index (χ1) is 15.1. The summed E-state index contributed by atoms with van der Waals surface area (Å²) < 4.78 is 0. The number of rotatable bonds is 6. The second-order valence-electron chi connectivity index (χ2n) is 6.72. The predicted octanol–water partition coefficient (Wildman–Crippen LogP) is 5.50. The third-order valence-electron chi connectivity index (χ3n) is 4.51. The maximum Gasteiger partial charge on any atom is 0.251 e. The molecule has 4 rings (SSSR count). The Morgan fingerprint density at radius 2 is 1.55 bits per heavy atom. The van der Waals surface area contributed by atoms with Crippen molar-refractivity contribution in [2.45, 2.75) is 0 Å². The lowest BCUT2D eigenvalue weighted by molar-refractivity contribution is -0.115. The molecule has 5 nitrogen and oxygen atoms in total. The summed E-state index contributed by atoms with van der Waals surface area (Å²) in [5.41, 5.74) is 3.99. The molecule has 2 N–H and O–H groups in total. The van der Waals surface area contributed by atoms with Gasteiger partial charge in [-0.3, -0.25) is 9.59 Å². The number of anilines is 1. The Bertz CT molecular complexity index is 1190. The van der Waals surface area contributed by atoms with Gasteiger partial charge in [-0.05, 0) is 36.4 Å². The van der Waals surface area contributed by atoms with Gasteiger partial charge in [-0.2, -0.15) is 0 Å². The van der Waals surface area contributed by atoms with Crippen molar-refractivity contribution in [2.24, 2.45) is 0 Å². The van der Waals surface area contributed by atoms with Gasteiger partial charge < -0.3 is 10.6 Å². The van der Waals surface area contributed by atoms with Crippen LogP contribution in [-0.2, 0) is 4.79 Å². The normalized spacial score (nSPS) is 10.5. The summed E-state index contributed by atoms with van der Waals surface area (Å²) in [4.78, 5) is 28.9. The highest BCUT2D eigenvalue weighted by molar-refractivity contribution is 7.13. The largest absolute Gasteiger partial charge is 0.343 e. The van der Waals surface area contributed by atoms with E-state index in [1.807, 2.05) is 60.0 Å². The number of hydrogen-bond acceptors (Lipinski definition) is 4. The fourth-order valence-corrected chi connectivity index (χ4v) is 3.87. The van der Waals surface area contributed by atoms with E-state index in [1.165, 1.54) is 0 Å². The van der Waals surface area contributed by atoms with Gasteiger partial charge in [0.15, 0.2) is 0 Å². The molecule has 7 heteroatoms. The summed E-state index contributed by atoms with van der Waals surface area (Å²) in [6.45, 7) is -0.105. The fourth-order valence-electron chi connectivity index (χ4n) is 2.91. The number of amides is 2. The molecule has 154 valence electrons. The van der Waals surface area contributed by atoms with Crippen LogP contribution in [0.3, 0.4) is 0 Å². The Hall–Kier alpha value is -3.48. The van der Waals surface area contributed by atoms with Crippen molar-refractivity contribution >= 4 is 40.4 Å². The van der Waals surface area contributed by atoms with Gasteiger partial charge in [0, 0.05) is 32.8 Å². The van der Waals surface area contributed by atoms with Crippen LogP contribution in [0.25, 0.3) is 21.8 Å². The molecule has 0 atom stereocenters. The van der Waals surface area contributed by atoms with Gasteiger partial charge in [0.05, 0.1) is 12.2 Å². The number of carbonyl (C=O) groups excluding carboxylic acids is 2. The molecular weight excluding hydrogens is 430 g/mol. The van der Waals surface area contributed by atoms with Crippen LogP contribution < -0.4 is 10.6 Å². The van der Waals surface area contributed by atoms with Crippen LogP contribution in [0.5, 0.6) is 0 Å². The minimum Gasteiger partial charge on any atom is -0.343 e. The Balaban J connectivity index is 1.34. The van der Waals surface area contributed by atoms with Crippen molar-refractivity contribution in [2.75, 3.05) is 11.9 Å². The number of nitrogens with zero attached hydrogens (tertiary/aromatic N) is 1. The average Bonchev–Trinajstić information content (AvgIpc) is 3.29. The summed E-state index contributed by atoms with van der Waals surface area (Å²) in [6, 6.07) is 23.8. The molecular formula is C24H18ClN3O2S. The van der Waals surface area contributed by atoms with Crippen LogP contribution in [0.2, 0.25) is 5.02 Å². The Kier molecular flexibility index (Phi) is 6.40. The molecule has 0 saturated carbocycles. The second kappa shape index (κ2) is 9.55. The van der Waals surface area contributed by atoms with E-state index < -0.39 is 0 Å². The highest BCUT2D eigenvalue weighted by Gasteiger charge is 2.09. The van der Waals surface area contributed by atoms with Crippen LogP contribution in [0.4, 0.5) is 5.69 Å². The molecule has 0 aliphatic heterocycles. The van der Waals surface area contributed by atoms with E-state index in [0.29, 0.717) is 16.3 Å². The summed E-state index contributed by atoms with van der Waals surface area (Å²) in [7, 11) is 0. The molecule has 31 heavy (non-hydrogen) atoms. The first kappa shape index (κ1) is 20.8. The van der Waals surface area contributed by atoms with E-state index in [-0.39, 0.29) is 18.4 Å². The van der Waals surface area contributed by atoms with Crippen molar-refractivity contribution in [3.05, 3.63) is 94.8 Å². The molecule has 0 unspecified atom stereocenters. The first-order valence-corrected chi connectivity index (χ1v) is 10.8. The van der Waals surface area contributed by atoms with Gasteiger partial charge in [0.25, 0.3) is 5.91 Å². The smallest absolute Gasteiger partial charge is 0.251 e. The van der Waals surface area contributed by atoms with Crippen LogP contribution >= 0.6 is 22.9 Å². The lowest BCUT2D eigenvalue weighted by Crippen LogP contribution is -2.32. The lowest BCUT2D eigenvalue weighted by atomic mass is 10.1. The predicted molar refractivity (Wildman–Crippen MR) is 125 cm³/mol. The fraction of sp³-hybridized carbons (Fsp3) is 0.0417. The zero-order valence-corrected chi connectivity index (χ0v) is 17.9. The third-order valence-corrected chi connectivity index (χ3v) is 5.65. The number of aromatic nitrogens is 1. The van der Waals surface area contributed by atoms with Gasteiger partial charge >= 0.3 is 0 Å². The molecule has 0 saturated heterocycles. The van der Waals surface area contributed by atoms with E-state index in [0.717, 1.165) is 21.8 Å². The molecule has 0 bridgehead atoms. The summed E-state index contributed by atoms with van der Waals surface area (Å²) in [5.74, 6) is -0.582. The standard InChI is InChI=1S/C24H18ClN3O2S/c25-19-10-6-18(7-11-19)24-28-21(15-31-24)16-8-12-20(13-9-16)27-22(29)14-26-23(30)17-4-2-1-3-5-17/h1-13,15H,14H2,(H,26,30)(H,27,29). The van der Waals surface area contributed by atoms with Gasteiger partial charge in [-0.15, -0.1) is 11.3 Å². The SMILES string of the molecule is O=C(CNC(=O)c1ccccc1)Nc1ccc(-c2csc(-c3ccc(Cl)cc3)n2)cc1. The van der Waals surface area contributed by atoms with Gasteiger partial charge in [0.2, 0.25) is 5.91 Å². The minimum atomic E-state index is -0.296. The van der Waals surface area contributed by atoms with Crippen molar-refractivity contribution in [3.63, 3.8) is 0 Å². The number of carbonyl (C=O) groups is 2. The quantitative estimate of drug-likeness (QED) is 0.410. The van der Waals surface area contributed by atoms with E-state index in [4.69, 9.17) is 11.6 Å². The number of nitrogens with one attached hydrogen (secondary N) is 2. The van der Waals surface area contributed by atoms with Crippen LogP contribution in [0.15, 0.2) is 84.2 Å². The van der Waals surface area contributed by atoms with Crippen molar-refractivity contribution in [3.8, 4) is 21.8 Å². The van der Waals surface area contributed by atoms with Crippen LogP contribution in [0, 0.1) is 0 Å². The number of halogens is 1. The Morgan fingerprint density at radius 1 is 0.871 bits per heavy atom. The molecule has 4 aromatic rings. The molecule has 1 aromatic heterocycles. The molecule has 0 aliphatic carbocycles. The van der Waals surface area contributed by atoms with E-state index in [9.17, 15) is 9.59 Å². The van der Waals surface area contributed by atoms with Crippen molar-refractivity contribution in [1.82, 2.24) is 10.3 Å². The summed E-state index contributed by atoms with van der Waals surface area (Å²) >= 11 is 7.51. The zero-order valence-electron chi connectivity index (χ0n) is 16.3. The zero-order chi connectivity index (χ0) is 21.6. The minimum absolute atomic E-state index is 0.105. The maximum atomic E-state index is 12.1. The summed E-state index contributed by atoms with van der Waals surface area (Å²) in [5, 5.41) is 8.99. The van der Waals surface area contributed by atoms with Crippen molar-refractivity contribution in [1.29, 1.82) is 0 Å². The van der Waals surface area contributed by atoms with Crippen LogP contribution in [-0.4, -0.2) is 23.3 Å². The first-order valence-electron chi connectivity index (χ1n) is 9.53. The van der Waals surface area contributed by atoms with E-state index >= 15 is 0 Å². The topological polar surface area (TPSA) is 71.1 Å². The Morgan fingerprint density at radius 3 is 2.26 bits per heavy atom. The van der Waals surface area contributed by atoms with Gasteiger partial charge in [-0.25, -0.2) is 4.98 Å². The van der Waals surface area contributed by atoms with E-state index in [2.05, 4.69) is 15.6 Å². The molecule has 1 heterocycles. The number of thiazole rings is 1. The Labute approximate surface area is 188 Å². The average molecular weight is 448 g/mol. The molecule has 0 aliphatic rings. The number of hydrogen-bond donors (Lipinski definition) is 2. The second-order valence-corrected chi connectivity index (χ2v) is 8.01. The maximum absolute atomic E-state index is 12.1. The van der Waals surface area contributed by atoms with Gasteiger partial charge in [0.1, 0.15) is 5.01 Å². The molecule has 0 fully saturated rings. The molecule has 3 aromatic carbocycles. The molecule has 0 radical (unpaired) electrons. The highest BCUT2D eigenvalue weighted by atomic mass is 35.5. The van der Waals surface area contributed by atoms with E-state index in [1.54, 1.807) is 35.6 Å². The molecule has 0 spiro atoms. The van der Waals surface area contributed by atoms with Crippen molar-refractivity contribution < 1.29 is 9.59 Å². The van der Waals surface area contributed by atoms with Gasteiger partial charge in [-0.1, -0.05) is 54.1 Å². The van der Waals surface area contributed by atoms with Crippen LogP contribution in [0.1, 0.15) is 10.4 Å². The highest BCUT2D eigenvalue weighted by Crippen LogP contribution is 2.30.